The predicted molar refractivity (Wildman–Crippen MR) is 97.2 cm³/mol. The number of hydrogen-bond donors (Lipinski definition) is 1. The molecular weight excluding hydrogens is 326 g/mol. The number of carbonyl (C=O) groups is 2. The molecule has 0 spiro atoms. The van der Waals surface area contributed by atoms with Crippen LogP contribution in [-0.4, -0.2) is 38.8 Å². The number of carbonyl (C=O) groups excluding carboxylic acids is 2. The number of esters is 1. The van der Waals surface area contributed by atoms with Crippen molar-refractivity contribution < 1.29 is 23.5 Å². The van der Waals surface area contributed by atoms with Crippen molar-refractivity contribution in [3.8, 4) is 0 Å². The molecule has 0 aliphatic heterocycles. The Bertz CT molecular complexity index is 461. The lowest BCUT2D eigenvalue weighted by atomic mass is 10.2. The zero-order chi connectivity index (χ0) is 19.2. The fourth-order valence-corrected chi connectivity index (χ4v) is 2.42. The van der Waals surface area contributed by atoms with Gasteiger partial charge < -0.3 is 19.2 Å². The van der Waals surface area contributed by atoms with Gasteiger partial charge in [-0.25, -0.2) is 4.79 Å². The molecule has 0 rings (SSSR count). The third-order valence-corrected chi connectivity index (χ3v) is 8.02. The highest BCUT2D eigenvalue weighted by Crippen LogP contribution is 2.37. The summed E-state index contributed by atoms with van der Waals surface area (Å²) in [6, 6.07) is 0. The Morgan fingerprint density at radius 2 is 1.67 bits per heavy atom. The van der Waals surface area contributed by atoms with Gasteiger partial charge in [0, 0.05) is 0 Å². The Labute approximate surface area is 147 Å². The molecule has 1 N–H and O–H groups in total. The predicted octanol–water partition coefficient (Wildman–Crippen LogP) is 3.98. The van der Waals surface area contributed by atoms with Crippen molar-refractivity contribution >= 4 is 20.4 Å². The summed E-state index contributed by atoms with van der Waals surface area (Å²) in [7, 11) is -2.09. The molecule has 0 bridgehead atoms. The van der Waals surface area contributed by atoms with E-state index in [-0.39, 0.29) is 11.6 Å². The van der Waals surface area contributed by atoms with Crippen molar-refractivity contribution in [3.05, 3.63) is 12.2 Å². The SMILES string of the molecule is C/C=C/[C@@H](OC(=O)CNC(=O)OC(C)(C)C)O[Si](C)(C)C(C)(C)C. The number of alkyl carbamates (subject to hydrolysis) is 1. The summed E-state index contributed by atoms with van der Waals surface area (Å²) in [5, 5.41) is 2.37. The minimum atomic E-state index is -2.09. The lowest BCUT2D eigenvalue weighted by molar-refractivity contribution is -0.157. The number of ether oxygens (including phenoxy) is 2. The van der Waals surface area contributed by atoms with E-state index < -0.39 is 32.3 Å². The van der Waals surface area contributed by atoms with Crippen LogP contribution in [0.5, 0.6) is 0 Å². The van der Waals surface area contributed by atoms with Gasteiger partial charge in [0.1, 0.15) is 12.1 Å². The first-order valence-electron chi connectivity index (χ1n) is 8.15. The molecule has 1 atom stereocenters. The first kappa shape index (κ1) is 22.7. The van der Waals surface area contributed by atoms with Crippen LogP contribution in [0.3, 0.4) is 0 Å². The van der Waals surface area contributed by atoms with Gasteiger partial charge in [0.25, 0.3) is 0 Å². The molecule has 1 amide bonds. The Hall–Kier alpha value is -1.34. The molecule has 0 aliphatic rings. The second-order valence-electron chi connectivity index (χ2n) is 8.12. The minimum Gasteiger partial charge on any atom is -0.444 e. The third kappa shape index (κ3) is 9.07. The highest BCUT2D eigenvalue weighted by Gasteiger charge is 2.39. The zero-order valence-corrected chi connectivity index (χ0v) is 17.5. The van der Waals surface area contributed by atoms with E-state index in [9.17, 15) is 9.59 Å². The first-order valence-corrected chi connectivity index (χ1v) is 11.1. The van der Waals surface area contributed by atoms with Crippen molar-refractivity contribution in [2.75, 3.05) is 6.54 Å². The topological polar surface area (TPSA) is 73.9 Å². The average molecular weight is 360 g/mol. The van der Waals surface area contributed by atoms with E-state index in [0.29, 0.717) is 0 Å². The van der Waals surface area contributed by atoms with Gasteiger partial charge in [-0.15, -0.1) is 0 Å². The van der Waals surface area contributed by atoms with E-state index in [2.05, 4.69) is 39.2 Å². The Balaban J connectivity index is 4.63. The van der Waals surface area contributed by atoms with Crippen molar-refractivity contribution in [3.63, 3.8) is 0 Å². The van der Waals surface area contributed by atoms with Crippen molar-refractivity contribution in [2.24, 2.45) is 0 Å². The largest absolute Gasteiger partial charge is 0.444 e. The Morgan fingerprint density at radius 1 is 1.12 bits per heavy atom. The molecule has 6 nitrogen and oxygen atoms in total. The van der Waals surface area contributed by atoms with E-state index in [0.717, 1.165) is 0 Å². The van der Waals surface area contributed by atoms with Crippen LogP contribution < -0.4 is 5.32 Å². The average Bonchev–Trinajstić information content (AvgIpc) is 2.32. The molecule has 0 saturated carbocycles. The van der Waals surface area contributed by atoms with Gasteiger partial charge in [-0.3, -0.25) is 4.79 Å². The van der Waals surface area contributed by atoms with Gasteiger partial charge in [-0.05, 0) is 51.9 Å². The fourth-order valence-electron chi connectivity index (χ4n) is 1.36. The monoisotopic (exact) mass is 359 g/mol. The normalized spacial score (nSPS) is 14.4. The summed E-state index contributed by atoms with van der Waals surface area (Å²) >= 11 is 0. The molecule has 0 unspecified atom stereocenters. The molecule has 0 aromatic rings. The van der Waals surface area contributed by atoms with Crippen LogP contribution in [0.4, 0.5) is 4.79 Å². The molecule has 0 aliphatic carbocycles. The Kier molecular flexibility index (Phi) is 8.18. The summed E-state index contributed by atoms with van der Waals surface area (Å²) in [5.74, 6) is -0.581. The fraction of sp³-hybridized carbons (Fsp3) is 0.765. The molecule has 0 radical (unpaired) electrons. The first-order chi connectivity index (χ1) is 10.7. The summed E-state index contributed by atoms with van der Waals surface area (Å²) in [4.78, 5) is 23.5. The van der Waals surface area contributed by atoms with Gasteiger partial charge >= 0.3 is 12.1 Å². The van der Waals surface area contributed by atoms with Crippen LogP contribution in [0.2, 0.25) is 18.1 Å². The van der Waals surface area contributed by atoms with Crippen LogP contribution in [0.1, 0.15) is 48.5 Å². The summed E-state index contributed by atoms with van der Waals surface area (Å²) in [5.41, 5.74) is -0.618. The second-order valence-corrected chi connectivity index (χ2v) is 12.9. The quantitative estimate of drug-likeness (QED) is 0.336. The van der Waals surface area contributed by atoms with Crippen molar-refractivity contribution in [1.82, 2.24) is 5.32 Å². The second kappa shape index (κ2) is 8.67. The van der Waals surface area contributed by atoms with E-state index >= 15 is 0 Å². The number of allylic oxidation sites excluding steroid dienone is 1. The lowest BCUT2D eigenvalue weighted by Crippen LogP contribution is -2.45. The molecule has 0 aromatic carbocycles. The molecule has 0 fully saturated rings. The molecule has 0 heterocycles. The van der Waals surface area contributed by atoms with Gasteiger partial charge in [0.15, 0.2) is 8.32 Å². The van der Waals surface area contributed by atoms with E-state index in [1.54, 1.807) is 32.9 Å². The molecule has 0 aromatic heterocycles. The van der Waals surface area contributed by atoms with Crippen LogP contribution >= 0.6 is 0 Å². The maximum atomic E-state index is 11.9. The summed E-state index contributed by atoms with van der Waals surface area (Å²) < 4.78 is 16.5. The number of rotatable bonds is 6. The van der Waals surface area contributed by atoms with Gasteiger partial charge in [0.05, 0.1) is 0 Å². The summed E-state index contributed by atoms with van der Waals surface area (Å²) in [6.45, 7) is 17.3. The van der Waals surface area contributed by atoms with E-state index in [1.807, 2.05) is 6.92 Å². The highest BCUT2D eigenvalue weighted by molar-refractivity contribution is 6.74. The molecule has 140 valence electrons. The maximum absolute atomic E-state index is 11.9. The zero-order valence-electron chi connectivity index (χ0n) is 16.5. The molecule has 0 saturated heterocycles. The van der Waals surface area contributed by atoms with Crippen molar-refractivity contribution in [1.29, 1.82) is 0 Å². The minimum absolute atomic E-state index is 0.00595. The molecule has 24 heavy (non-hydrogen) atoms. The van der Waals surface area contributed by atoms with Gasteiger partial charge in [-0.1, -0.05) is 26.8 Å². The van der Waals surface area contributed by atoms with E-state index in [1.165, 1.54) is 0 Å². The van der Waals surface area contributed by atoms with E-state index in [4.69, 9.17) is 13.9 Å². The molecule has 7 heteroatoms. The standard InChI is InChI=1S/C17H33NO5Si/c1-10-11-14(23-24(8,9)17(5,6)7)21-13(19)12-18-15(20)22-16(2,3)4/h10-11,14H,12H2,1-9H3,(H,18,20)/b11-10+/t14-/m0/s1. The molecular formula is C17H33NO5Si. The van der Waals surface area contributed by atoms with Crippen LogP contribution in [-0.2, 0) is 18.7 Å². The van der Waals surface area contributed by atoms with Gasteiger partial charge in [-0.2, -0.15) is 0 Å². The van der Waals surface area contributed by atoms with Crippen LogP contribution in [0.15, 0.2) is 12.2 Å². The smallest absolute Gasteiger partial charge is 0.408 e. The number of nitrogens with one attached hydrogen (secondary N) is 1. The van der Waals surface area contributed by atoms with Crippen molar-refractivity contribution in [2.45, 2.75) is 78.5 Å². The third-order valence-electron chi connectivity index (χ3n) is 3.59. The lowest BCUT2D eigenvalue weighted by Gasteiger charge is -2.38. The summed E-state index contributed by atoms with van der Waals surface area (Å²) in [6.07, 6.45) is 2.04. The Morgan fingerprint density at radius 3 is 2.08 bits per heavy atom. The number of hydrogen-bond acceptors (Lipinski definition) is 5. The van der Waals surface area contributed by atoms with Crippen LogP contribution in [0, 0.1) is 0 Å². The van der Waals surface area contributed by atoms with Crippen LogP contribution in [0.25, 0.3) is 0 Å². The maximum Gasteiger partial charge on any atom is 0.408 e. The van der Waals surface area contributed by atoms with Gasteiger partial charge in [0.2, 0.25) is 6.29 Å². The number of amides is 1. The highest BCUT2D eigenvalue weighted by atomic mass is 28.4.